The molecule has 3 heterocycles. The van der Waals surface area contributed by atoms with E-state index in [0.717, 1.165) is 30.4 Å². The van der Waals surface area contributed by atoms with Crippen LogP contribution in [0.4, 0.5) is 17.3 Å². The van der Waals surface area contributed by atoms with E-state index in [-0.39, 0.29) is 16.5 Å². The van der Waals surface area contributed by atoms with Crippen LogP contribution in [0, 0.1) is 16.0 Å². The van der Waals surface area contributed by atoms with Gasteiger partial charge < -0.3 is 14.7 Å². The summed E-state index contributed by atoms with van der Waals surface area (Å²) in [7, 11) is 0. The van der Waals surface area contributed by atoms with Crippen LogP contribution in [-0.2, 0) is 0 Å². The number of nitrogens with zero attached hydrogens (tertiary/aromatic N) is 6. The summed E-state index contributed by atoms with van der Waals surface area (Å²) in [4.78, 5) is 38.8. The van der Waals surface area contributed by atoms with Gasteiger partial charge in [-0.2, -0.15) is 0 Å². The van der Waals surface area contributed by atoms with Gasteiger partial charge in [-0.25, -0.2) is 9.97 Å². The maximum Gasteiger partial charge on any atom is 0.293 e. The normalized spacial score (nSPS) is 19.4. The zero-order valence-electron chi connectivity index (χ0n) is 17.4. The van der Waals surface area contributed by atoms with Crippen molar-refractivity contribution < 1.29 is 9.72 Å². The van der Waals surface area contributed by atoms with Crippen LogP contribution in [0.1, 0.15) is 30.1 Å². The van der Waals surface area contributed by atoms with E-state index in [1.54, 1.807) is 29.4 Å². The molecule has 1 unspecified atom stereocenters. The first-order valence-corrected chi connectivity index (χ1v) is 11.3. The van der Waals surface area contributed by atoms with Gasteiger partial charge in [0.1, 0.15) is 5.69 Å². The predicted molar refractivity (Wildman–Crippen MR) is 122 cm³/mol. The Labute approximate surface area is 189 Å². The molecule has 0 radical (unpaired) electrons. The number of hydrogen-bond donors (Lipinski definition) is 0. The Bertz CT molecular complexity index is 962. The Kier molecular flexibility index (Phi) is 6.35. The predicted octanol–water partition coefficient (Wildman–Crippen LogP) is 3.35. The minimum absolute atomic E-state index is 0.00171. The summed E-state index contributed by atoms with van der Waals surface area (Å²) >= 11 is 3.33. The van der Waals surface area contributed by atoms with E-state index in [1.807, 2.05) is 4.90 Å². The van der Waals surface area contributed by atoms with Crippen LogP contribution in [-0.4, -0.2) is 65.0 Å². The molecule has 31 heavy (non-hydrogen) atoms. The molecule has 1 amide bonds. The molecule has 0 N–H and O–H groups in total. The van der Waals surface area contributed by atoms with Crippen LogP contribution in [0.25, 0.3) is 0 Å². The van der Waals surface area contributed by atoms with Gasteiger partial charge in [-0.1, -0.05) is 6.92 Å². The van der Waals surface area contributed by atoms with E-state index in [4.69, 9.17) is 0 Å². The summed E-state index contributed by atoms with van der Waals surface area (Å²) < 4.78 is 0.814. The van der Waals surface area contributed by atoms with Crippen molar-refractivity contribution in [2.75, 3.05) is 49.1 Å². The van der Waals surface area contributed by atoms with Crippen molar-refractivity contribution in [1.29, 1.82) is 0 Å². The number of piperazine rings is 1. The Morgan fingerprint density at radius 1 is 1.13 bits per heavy atom. The van der Waals surface area contributed by atoms with Crippen LogP contribution in [0.5, 0.6) is 0 Å². The fourth-order valence-corrected chi connectivity index (χ4v) is 4.44. The lowest BCUT2D eigenvalue weighted by Crippen LogP contribution is -2.49. The second kappa shape index (κ2) is 9.17. The summed E-state index contributed by atoms with van der Waals surface area (Å²) in [5.74, 6) is 0.949. The summed E-state index contributed by atoms with van der Waals surface area (Å²) in [6, 6.07) is 4.88. The second-order valence-electron chi connectivity index (χ2n) is 8.13. The van der Waals surface area contributed by atoms with E-state index < -0.39 is 0 Å². The number of halogens is 1. The van der Waals surface area contributed by atoms with Crippen LogP contribution in [0.15, 0.2) is 35.1 Å². The highest BCUT2D eigenvalue weighted by Crippen LogP contribution is 2.33. The average Bonchev–Trinajstić information content (AvgIpc) is 2.79. The molecular weight excluding hydrogens is 464 g/mol. The molecule has 1 aromatic heterocycles. The molecule has 0 aliphatic carbocycles. The Balaban J connectivity index is 1.46. The fraction of sp³-hybridized carbons (Fsp3) is 0.476. The number of carbonyl (C=O) groups excluding carboxylic acids is 1. The minimum atomic E-state index is -0.381. The maximum atomic E-state index is 13.0. The fourth-order valence-electron chi connectivity index (χ4n) is 4.24. The first-order chi connectivity index (χ1) is 14.9. The molecular formula is C21H25BrN6O3. The van der Waals surface area contributed by atoms with Crippen molar-refractivity contribution in [1.82, 2.24) is 14.9 Å². The molecule has 2 fully saturated rings. The number of hydrogen-bond acceptors (Lipinski definition) is 7. The molecule has 2 aromatic rings. The number of nitro groups is 1. The number of benzene rings is 1. The highest BCUT2D eigenvalue weighted by atomic mass is 79.9. The smallest absolute Gasteiger partial charge is 0.293 e. The summed E-state index contributed by atoms with van der Waals surface area (Å²) in [6.45, 7) is 6.01. The molecule has 2 saturated heterocycles. The van der Waals surface area contributed by atoms with Crippen molar-refractivity contribution in [3.63, 3.8) is 0 Å². The average molecular weight is 489 g/mol. The molecule has 0 saturated carbocycles. The van der Waals surface area contributed by atoms with E-state index in [0.29, 0.717) is 49.3 Å². The van der Waals surface area contributed by atoms with Gasteiger partial charge in [0.05, 0.1) is 9.40 Å². The molecule has 4 rings (SSSR count). The lowest BCUT2D eigenvalue weighted by atomic mass is 9.99. The molecule has 164 valence electrons. The highest BCUT2D eigenvalue weighted by Gasteiger charge is 2.28. The number of carbonyl (C=O) groups is 1. The van der Waals surface area contributed by atoms with Gasteiger partial charge in [-0.05, 0) is 46.8 Å². The third kappa shape index (κ3) is 4.79. The van der Waals surface area contributed by atoms with E-state index >= 15 is 0 Å². The lowest BCUT2D eigenvalue weighted by Gasteiger charge is -2.35. The summed E-state index contributed by atoms with van der Waals surface area (Å²) in [6.07, 6.45) is 5.55. The second-order valence-corrected chi connectivity index (χ2v) is 9.05. The molecule has 10 heteroatoms. The largest absolute Gasteiger partial charge is 0.366 e. The Morgan fingerprint density at radius 3 is 2.48 bits per heavy atom. The number of nitro benzene ring substituents is 1. The molecule has 1 atom stereocenters. The Hall–Kier alpha value is -2.75. The number of rotatable bonds is 4. The van der Waals surface area contributed by atoms with E-state index in [2.05, 4.69) is 37.7 Å². The molecule has 2 aliphatic rings. The quantitative estimate of drug-likeness (QED) is 0.480. The zero-order chi connectivity index (χ0) is 22.0. The van der Waals surface area contributed by atoms with Gasteiger partial charge in [0, 0.05) is 63.3 Å². The Morgan fingerprint density at radius 2 is 1.84 bits per heavy atom. The van der Waals surface area contributed by atoms with Crippen LogP contribution >= 0.6 is 15.9 Å². The van der Waals surface area contributed by atoms with Crippen LogP contribution < -0.4 is 9.80 Å². The third-order valence-corrected chi connectivity index (χ3v) is 6.28. The monoisotopic (exact) mass is 488 g/mol. The lowest BCUT2D eigenvalue weighted by molar-refractivity contribution is -0.384. The molecule has 1 aromatic carbocycles. The summed E-state index contributed by atoms with van der Waals surface area (Å²) in [5.41, 5.74) is 0.959. The van der Waals surface area contributed by atoms with Crippen LogP contribution in [0.2, 0.25) is 0 Å². The summed E-state index contributed by atoms with van der Waals surface area (Å²) in [5, 5.41) is 11.8. The minimum Gasteiger partial charge on any atom is -0.366 e. The number of amides is 1. The highest BCUT2D eigenvalue weighted by molar-refractivity contribution is 9.10. The van der Waals surface area contributed by atoms with E-state index in [1.165, 1.54) is 6.07 Å². The first kappa shape index (κ1) is 21.5. The molecule has 0 spiro atoms. The molecule has 9 nitrogen and oxygen atoms in total. The van der Waals surface area contributed by atoms with Crippen molar-refractivity contribution >= 4 is 39.2 Å². The van der Waals surface area contributed by atoms with Crippen molar-refractivity contribution in [3.8, 4) is 0 Å². The maximum absolute atomic E-state index is 13.0. The van der Waals surface area contributed by atoms with Crippen LogP contribution in [0.3, 0.4) is 0 Å². The van der Waals surface area contributed by atoms with E-state index in [9.17, 15) is 14.9 Å². The molecule has 2 aliphatic heterocycles. The number of anilines is 2. The van der Waals surface area contributed by atoms with Gasteiger partial charge >= 0.3 is 0 Å². The van der Waals surface area contributed by atoms with Gasteiger partial charge in [0.25, 0.3) is 11.6 Å². The van der Waals surface area contributed by atoms with Crippen molar-refractivity contribution in [3.05, 3.63) is 50.7 Å². The standard InChI is InChI=1S/C21H25BrN6O3/c1-15-3-2-6-27(14-15)18-5-4-16(11-19(18)28(30)31)20(29)25-7-9-26(10-8-25)21-23-12-17(22)13-24-21/h4-5,11-13,15H,2-3,6-10,14H2,1H3. The van der Waals surface area contributed by atoms with Gasteiger partial charge in [-0.3, -0.25) is 14.9 Å². The SMILES string of the molecule is CC1CCCN(c2ccc(C(=O)N3CCN(c4ncc(Br)cn4)CC3)cc2[N+](=O)[O-])C1. The first-order valence-electron chi connectivity index (χ1n) is 10.5. The van der Waals surface area contributed by atoms with Gasteiger partial charge in [0.2, 0.25) is 5.95 Å². The topological polar surface area (TPSA) is 95.7 Å². The third-order valence-electron chi connectivity index (χ3n) is 5.87. The van der Waals surface area contributed by atoms with Gasteiger partial charge in [0.15, 0.2) is 0 Å². The van der Waals surface area contributed by atoms with Gasteiger partial charge in [-0.15, -0.1) is 0 Å². The molecule has 0 bridgehead atoms. The van der Waals surface area contributed by atoms with Crippen molar-refractivity contribution in [2.45, 2.75) is 19.8 Å². The number of aromatic nitrogens is 2. The zero-order valence-corrected chi connectivity index (χ0v) is 19.0. The van der Waals surface area contributed by atoms with Crippen molar-refractivity contribution in [2.24, 2.45) is 5.92 Å². The number of piperidine rings is 1.